The van der Waals surface area contributed by atoms with Gasteiger partial charge in [-0.3, -0.25) is 4.99 Å². The third kappa shape index (κ3) is 11.4. The molecule has 3 rings (SSSR count). The van der Waals surface area contributed by atoms with Crippen LogP contribution in [0.2, 0.25) is 0 Å². The van der Waals surface area contributed by atoms with Crippen LogP contribution in [0.3, 0.4) is 0 Å². The van der Waals surface area contributed by atoms with Gasteiger partial charge in [0.05, 0.1) is 5.69 Å². The predicted molar refractivity (Wildman–Crippen MR) is 180 cm³/mol. The molecule has 0 saturated carbocycles. The van der Waals surface area contributed by atoms with Gasteiger partial charge >= 0.3 is 30.1 Å². The zero-order valence-corrected chi connectivity index (χ0v) is 30.6. The van der Waals surface area contributed by atoms with Crippen LogP contribution in [0.5, 0.6) is 0 Å². The predicted octanol–water partition coefficient (Wildman–Crippen LogP) is 11.2. The third-order valence-electron chi connectivity index (χ3n) is 7.08. The minimum absolute atomic E-state index is 0. The summed E-state index contributed by atoms with van der Waals surface area (Å²) in [7, 11) is 0. The van der Waals surface area contributed by atoms with Crippen molar-refractivity contribution in [2.45, 2.75) is 105 Å². The van der Waals surface area contributed by atoms with Crippen molar-refractivity contribution in [3.05, 3.63) is 112 Å². The first kappa shape index (κ1) is 39.4. The van der Waals surface area contributed by atoms with Crippen molar-refractivity contribution in [2.75, 3.05) is 0 Å². The smallest absolute Gasteiger partial charge is 0.842 e. The molecule has 1 atom stereocenters. The molecule has 3 nitrogen and oxygen atoms in total. The molecule has 44 heavy (non-hydrogen) atoms. The van der Waals surface area contributed by atoms with Crippen molar-refractivity contribution in [1.82, 2.24) is 0 Å². The van der Waals surface area contributed by atoms with Gasteiger partial charge in [-0.15, -0.1) is 5.69 Å². The van der Waals surface area contributed by atoms with Crippen LogP contribution in [0.1, 0.15) is 127 Å². The minimum atomic E-state index is -4.69. The van der Waals surface area contributed by atoms with Crippen molar-refractivity contribution < 1.29 is 18.3 Å². The molecule has 0 bridgehead atoms. The molecular weight excluding hydrogens is 664 g/mol. The monoisotopic (exact) mass is 712 g/mol. The van der Waals surface area contributed by atoms with Crippen LogP contribution < -0.4 is 5.11 Å². The molecule has 3 aromatic carbocycles. The molecule has 0 aliphatic rings. The first-order chi connectivity index (χ1) is 20.0. The van der Waals surface area contributed by atoms with Gasteiger partial charge in [0, 0.05) is 5.71 Å². The fourth-order valence-corrected chi connectivity index (χ4v) is 4.82. The Kier molecular flexibility index (Phi) is 15.9. The van der Waals surface area contributed by atoms with E-state index < -0.39 is 12.3 Å². The second kappa shape index (κ2) is 17.8. The molecule has 0 saturated heterocycles. The second-order valence-corrected chi connectivity index (χ2v) is 12.2. The molecule has 0 aromatic heterocycles. The van der Waals surface area contributed by atoms with Gasteiger partial charge in [0.2, 0.25) is 0 Å². The van der Waals surface area contributed by atoms with Gasteiger partial charge in [-0.1, -0.05) is 152 Å². The summed E-state index contributed by atoms with van der Waals surface area (Å²) in [4.78, 5) is 5.08. The van der Waals surface area contributed by atoms with Gasteiger partial charge in [-0.25, -0.2) is 0 Å². The summed E-state index contributed by atoms with van der Waals surface area (Å²) in [6, 6.07) is 19.9. The Morgan fingerprint density at radius 3 is 1.48 bits per heavy atom. The molecule has 0 aliphatic heterocycles. The van der Waals surface area contributed by atoms with Crippen molar-refractivity contribution >= 4 is 41.0 Å². The Morgan fingerprint density at radius 2 is 1.09 bits per heavy atom. The van der Waals surface area contributed by atoms with Gasteiger partial charge in [0.1, 0.15) is 0 Å². The third-order valence-corrected chi connectivity index (χ3v) is 7.08. The van der Waals surface area contributed by atoms with Crippen molar-refractivity contribution in [1.29, 1.82) is 0 Å². The summed E-state index contributed by atoms with van der Waals surface area (Å²) in [5, 5.41) is 15.7. The van der Waals surface area contributed by atoms with Crippen molar-refractivity contribution in [3.63, 3.8) is 0 Å². The number of benzene rings is 3. The summed E-state index contributed by atoms with van der Waals surface area (Å²) in [6.07, 6.45) is -5.21. The molecule has 236 valence electrons. The van der Waals surface area contributed by atoms with Crippen LogP contribution in [0.15, 0.2) is 83.5 Å². The van der Waals surface area contributed by atoms with Crippen LogP contribution in [-0.4, -0.2) is 35.8 Å². The van der Waals surface area contributed by atoms with E-state index in [4.69, 9.17) is 10.3 Å². The average Bonchev–Trinajstić information content (AvgIpc) is 2.92. The van der Waals surface area contributed by atoms with E-state index in [1.54, 1.807) is 6.07 Å². The Morgan fingerprint density at radius 1 is 0.682 bits per heavy atom. The van der Waals surface area contributed by atoms with E-state index in [2.05, 4.69) is 112 Å². The summed E-state index contributed by atoms with van der Waals surface area (Å²) < 4.78 is 35.5. The van der Waals surface area contributed by atoms with Crippen LogP contribution >= 0.6 is 0 Å². The van der Waals surface area contributed by atoms with E-state index in [1.807, 2.05) is 0 Å². The number of nitrogens with zero attached hydrogens (tertiary/aromatic N) is 2. The van der Waals surface area contributed by atoms with Gasteiger partial charge in [0.15, 0.2) is 0 Å². The quantitative estimate of drug-likeness (QED) is 0.161. The van der Waals surface area contributed by atoms with Gasteiger partial charge in [0.25, 0.3) is 0 Å². The molecule has 0 amide bonds. The Balaban J connectivity index is 0.000000624. The Hall–Kier alpha value is -2.58. The summed E-state index contributed by atoms with van der Waals surface area (Å²) in [5.74, 6) is 1.75. The average molecular weight is 712 g/mol. The number of alkyl halides is 3. The van der Waals surface area contributed by atoms with E-state index in [0.717, 1.165) is 22.8 Å². The van der Waals surface area contributed by atoms with Gasteiger partial charge in [-0.2, -0.15) is 18.9 Å². The topological polar surface area (TPSA) is 49.5 Å². The van der Waals surface area contributed by atoms with E-state index in [9.17, 15) is 18.3 Å². The van der Waals surface area contributed by atoms with E-state index in [-0.39, 0.29) is 29.5 Å². The van der Waals surface area contributed by atoms with Gasteiger partial charge < -0.3 is 10.4 Å². The fraction of sp³-hybridized carbons (Fsp3) is 0.432. The van der Waals surface area contributed by atoms with E-state index in [1.165, 1.54) is 46.5 Å². The van der Waals surface area contributed by atoms with E-state index in [0.29, 0.717) is 23.7 Å². The number of hydrogen-bond donors (Lipinski definition) is 0. The number of halogens is 3. The maximum absolute atomic E-state index is 11.8. The SMILES string of the molecule is CC(/C=C(/C)[N-]c1c(C(C)C)cccc1C(C)C)=Nc1c(C(C)C)cccc1C(C)C.[O-]C(c1ccccc1)C(F)(F)F.[Sn+2]. The normalized spacial score (nSPS) is 13.1. The number of hydrogen-bond acceptors (Lipinski definition) is 2. The number of aliphatic imine (C=N–C) groups is 1. The molecule has 0 spiro atoms. The molecule has 0 aliphatic carbocycles. The summed E-state index contributed by atoms with van der Waals surface area (Å²) in [5.41, 5.74) is 9.21. The maximum Gasteiger partial charge on any atom is 2.00 e. The molecule has 0 heterocycles. The molecule has 3 aromatic rings. The van der Waals surface area contributed by atoms with Crippen molar-refractivity contribution in [2.24, 2.45) is 4.99 Å². The summed E-state index contributed by atoms with van der Waals surface area (Å²) >= 11 is 0. The minimum Gasteiger partial charge on any atom is -0.842 e. The number of rotatable bonds is 9. The largest absolute Gasteiger partial charge is 2.00 e. The molecule has 2 radical (unpaired) electrons. The summed E-state index contributed by atoms with van der Waals surface area (Å²) in [6.45, 7) is 22.1. The van der Waals surface area contributed by atoms with Gasteiger partial charge in [-0.05, 0) is 47.8 Å². The van der Waals surface area contributed by atoms with Crippen LogP contribution in [0, 0.1) is 0 Å². The molecule has 0 fully saturated rings. The van der Waals surface area contributed by atoms with Crippen LogP contribution in [-0.2, 0) is 0 Å². The second-order valence-electron chi connectivity index (χ2n) is 12.2. The maximum atomic E-state index is 11.8. The molecule has 0 N–H and O–H groups in total. The number of allylic oxidation sites excluding steroid dienone is 2. The first-order valence-corrected chi connectivity index (χ1v) is 15.0. The van der Waals surface area contributed by atoms with Crippen LogP contribution in [0.25, 0.3) is 5.32 Å². The van der Waals surface area contributed by atoms with E-state index >= 15 is 0 Å². The Labute approximate surface area is 280 Å². The fourth-order valence-electron chi connectivity index (χ4n) is 4.82. The van der Waals surface area contributed by atoms with Crippen LogP contribution in [0.4, 0.5) is 24.5 Å². The molecular formula is C37H47F3N2OSn. The molecule has 1 unspecified atom stereocenters. The number of para-hydroxylation sites is 2. The Bertz CT molecular complexity index is 1320. The molecule has 7 heteroatoms. The standard InChI is InChI=1S/C29H41N2.C8H6F3O.Sn/c1-18(2)24-13-11-14-25(19(3)4)28(24)30-22(9)17-23(10)31-29-26(20(5)6)15-12-16-27(29)21(7)8;9-8(10,11)7(12)6-4-2-1-3-5-6;/h11-21H,1-10H3;1-5,7H;/q2*-1;+2/b22-17-,31-23?;;. The van der Waals surface area contributed by atoms with Crippen molar-refractivity contribution in [3.8, 4) is 0 Å². The first-order valence-electron chi connectivity index (χ1n) is 15.0. The zero-order chi connectivity index (χ0) is 32.5. The zero-order valence-electron chi connectivity index (χ0n) is 27.8.